The third kappa shape index (κ3) is 5.85. The first-order valence-electron chi connectivity index (χ1n) is 8.48. The summed E-state index contributed by atoms with van der Waals surface area (Å²) in [6, 6.07) is 7.84. The summed E-state index contributed by atoms with van der Waals surface area (Å²) in [5, 5.41) is 0. The summed E-state index contributed by atoms with van der Waals surface area (Å²) >= 11 is 0. The van der Waals surface area contributed by atoms with Gasteiger partial charge in [0.25, 0.3) is 0 Å². The van der Waals surface area contributed by atoms with Gasteiger partial charge < -0.3 is 4.74 Å². The van der Waals surface area contributed by atoms with Crippen LogP contribution >= 0.6 is 0 Å². The molecule has 0 aliphatic carbocycles. The smallest absolute Gasteiger partial charge is 0.159 e. The Labute approximate surface area is 139 Å². The molecule has 2 rings (SSSR count). The van der Waals surface area contributed by atoms with Crippen LogP contribution in [0.25, 0.3) is 11.4 Å². The quantitative estimate of drug-likeness (QED) is 0.445. The van der Waals surface area contributed by atoms with Crippen LogP contribution in [-0.4, -0.2) is 16.6 Å². The van der Waals surface area contributed by atoms with E-state index in [1.807, 2.05) is 36.7 Å². The van der Waals surface area contributed by atoms with Gasteiger partial charge >= 0.3 is 0 Å². The number of rotatable bonds is 10. The highest BCUT2D eigenvalue weighted by Gasteiger charge is 2.02. The van der Waals surface area contributed by atoms with Gasteiger partial charge in [-0.05, 0) is 42.7 Å². The maximum absolute atomic E-state index is 5.48. The minimum atomic E-state index is 0.517. The summed E-state index contributed by atoms with van der Waals surface area (Å²) in [4.78, 5) is 8.98. The van der Waals surface area contributed by atoms with E-state index in [0.29, 0.717) is 6.61 Å². The predicted molar refractivity (Wildman–Crippen MR) is 95.6 cm³/mol. The van der Waals surface area contributed by atoms with Gasteiger partial charge in [-0.25, -0.2) is 9.97 Å². The molecule has 3 heteroatoms. The van der Waals surface area contributed by atoms with E-state index in [1.165, 1.54) is 37.7 Å². The van der Waals surface area contributed by atoms with E-state index in [0.717, 1.165) is 23.6 Å². The number of nitrogens with zero attached hydrogens (tertiary/aromatic N) is 2. The third-order valence-electron chi connectivity index (χ3n) is 3.75. The summed E-state index contributed by atoms with van der Waals surface area (Å²) in [5.74, 6) is 1.59. The van der Waals surface area contributed by atoms with Crippen molar-refractivity contribution in [3.8, 4) is 17.1 Å². The van der Waals surface area contributed by atoms with Crippen LogP contribution in [0, 0.1) is 0 Å². The normalized spacial score (nSPS) is 10.5. The highest BCUT2D eigenvalue weighted by atomic mass is 16.5. The van der Waals surface area contributed by atoms with E-state index in [4.69, 9.17) is 4.74 Å². The van der Waals surface area contributed by atoms with Crippen molar-refractivity contribution in [3.05, 3.63) is 54.9 Å². The molecule has 2 aromatic rings. The molecule has 0 atom stereocenters. The molecule has 0 aliphatic rings. The molecule has 0 radical (unpaired) electrons. The number of hydrogen-bond donors (Lipinski definition) is 0. The molecule has 1 aromatic heterocycles. The van der Waals surface area contributed by atoms with Crippen LogP contribution in [0.4, 0.5) is 0 Å². The lowest BCUT2D eigenvalue weighted by Crippen LogP contribution is -1.94. The Morgan fingerprint density at radius 1 is 1.00 bits per heavy atom. The predicted octanol–water partition coefficient (Wildman–Crippen LogP) is 5.22. The van der Waals surface area contributed by atoms with Crippen molar-refractivity contribution in [2.24, 2.45) is 0 Å². The van der Waals surface area contributed by atoms with Gasteiger partial charge in [0.05, 0.1) is 0 Å². The molecular formula is C20H26N2O. The standard InChI is InChI=1S/C20H26N2O/c1-3-5-6-7-8-9-17-15-21-20(22-16-17)18-10-12-19(13-11-18)23-14-4-2/h4,10-13,15-16H,2-3,5-9,14H2,1H3. The topological polar surface area (TPSA) is 35.0 Å². The Bertz CT molecular complexity index is 576. The third-order valence-corrected chi connectivity index (χ3v) is 3.75. The number of ether oxygens (including phenoxy) is 1. The van der Waals surface area contributed by atoms with Gasteiger partial charge in [0.2, 0.25) is 0 Å². The Morgan fingerprint density at radius 2 is 1.70 bits per heavy atom. The molecule has 1 aromatic carbocycles. The van der Waals surface area contributed by atoms with Crippen LogP contribution in [0.5, 0.6) is 5.75 Å². The minimum absolute atomic E-state index is 0.517. The zero-order valence-electron chi connectivity index (χ0n) is 14.0. The van der Waals surface area contributed by atoms with Gasteiger partial charge in [-0.1, -0.05) is 45.3 Å². The van der Waals surface area contributed by atoms with Gasteiger partial charge in [0.15, 0.2) is 5.82 Å². The first-order valence-corrected chi connectivity index (χ1v) is 8.48. The largest absolute Gasteiger partial charge is 0.490 e. The second-order valence-corrected chi connectivity index (χ2v) is 5.70. The van der Waals surface area contributed by atoms with E-state index < -0.39 is 0 Å². The maximum atomic E-state index is 5.48. The average Bonchev–Trinajstić information content (AvgIpc) is 2.61. The van der Waals surface area contributed by atoms with Crippen LogP contribution in [-0.2, 0) is 6.42 Å². The Kier molecular flexibility index (Phi) is 7.31. The molecule has 122 valence electrons. The molecule has 0 N–H and O–H groups in total. The summed E-state index contributed by atoms with van der Waals surface area (Å²) in [6.45, 7) is 6.40. The number of aryl methyl sites for hydroxylation is 1. The zero-order chi connectivity index (χ0) is 16.3. The Morgan fingerprint density at radius 3 is 2.35 bits per heavy atom. The van der Waals surface area contributed by atoms with Crippen molar-refractivity contribution in [2.75, 3.05) is 6.61 Å². The molecule has 0 aliphatic heterocycles. The van der Waals surface area contributed by atoms with E-state index in [1.54, 1.807) is 6.08 Å². The lowest BCUT2D eigenvalue weighted by atomic mass is 10.1. The molecule has 0 amide bonds. The fourth-order valence-electron chi connectivity index (χ4n) is 2.42. The highest BCUT2D eigenvalue weighted by Crippen LogP contribution is 2.19. The van der Waals surface area contributed by atoms with Crippen LogP contribution in [0.2, 0.25) is 0 Å². The minimum Gasteiger partial charge on any atom is -0.490 e. The van der Waals surface area contributed by atoms with E-state index >= 15 is 0 Å². The zero-order valence-corrected chi connectivity index (χ0v) is 14.0. The second-order valence-electron chi connectivity index (χ2n) is 5.70. The SMILES string of the molecule is C=CCOc1ccc(-c2ncc(CCCCCCC)cn2)cc1. The van der Waals surface area contributed by atoms with Crippen molar-refractivity contribution < 1.29 is 4.74 Å². The summed E-state index contributed by atoms with van der Waals surface area (Å²) in [6.07, 6.45) is 13.2. The van der Waals surface area contributed by atoms with Gasteiger partial charge in [-0.15, -0.1) is 0 Å². The van der Waals surface area contributed by atoms with Crippen LogP contribution in [0.15, 0.2) is 49.3 Å². The van der Waals surface area contributed by atoms with Gasteiger partial charge in [0, 0.05) is 18.0 Å². The first kappa shape index (κ1) is 17.2. The molecule has 3 nitrogen and oxygen atoms in total. The Hall–Kier alpha value is -2.16. The van der Waals surface area contributed by atoms with Gasteiger partial charge in [0.1, 0.15) is 12.4 Å². The van der Waals surface area contributed by atoms with Crippen molar-refractivity contribution in [1.29, 1.82) is 0 Å². The number of unbranched alkanes of at least 4 members (excludes halogenated alkanes) is 4. The number of hydrogen-bond acceptors (Lipinski definition) is 3. The van der Waals surface area contributed by atoms with Crippen LogP contribution in [0.3, 0.4) is 0 Å². The lowest BCUT2D eigenvalue weighted by Gasteiger charge is -2.05. The van der Waals surface area contributed by atoms with E-state index in [2.05, 4.69) is 23.5 Å². The van der Waals surface area contributed by atoms with Crippen molar-refractivity contribution in [3.63, 3.8) is 0 Å². The van der Waals surface area contributed by atoms with Crippen molar-refractivity contribution >= 4 is 0 Å². The molecule has 0 spiro atoms. The lowest BCUT2D eigenvalue weighted by molar-refractivity contribution is 0.363. The van der Waals surface area contributed by atoms with Crippen molar-refractivity contribution in [2.45, 2.75) is 45.4 Å². The molecule has 23 heavy (non-hydrogen) atoms. The summed E-state index contributed by atoms with van der Waals surface area (Å²) in [7, 11) is 0. The summed E-state index contributed by atoms with van der Waals surface area (Å²) in [5.41, 5.74) is 2.22. The van der Waals surface area contributed by atoms with Gasteiger partial charge in [-0.3, -0.25) is 0 Å². The molecule has 1 heterocycles. The second kappa shape index (κ2) is 9.78. The molecular weight excluding hydrogens is 284 g/mol. The molecule has 0 saturated heterocycles. The molecule has 0 saturated carbocycles. The maximum Gasteiger partial charge on any atom is 0.159 e. The van der Waals surface area contributed by atoms with Gasteiger partial charge in [-0.2, -0.15) is 0 Å². The number of aromatic nitrogens is 2. The average molecular weight is 310 g/mol. The fraction of sp³-hybridized carbons (Fsp3) is 0.400. The molecule has 0 unspecified atom stereocenters. The van der Waals surface area contributed by atoms with Crippen LogP contribution in [0.1, 0.15) is 44.6 Å². The molecule has 0 fully saturated rings. The highest BCUT2D eigenvalue weighted by molar-refractivity contribution is 5.55. The Balaban J connectivity index is 1.87. The first-order chi connectivity index (χ1) is 11.3. The van der Waals surface area contributed by atoms with Crippen molar-refractivity contribution in [1.82, 2.24) is 9.97 Å². The monoisotopic (exact) mass is 310 g/mol. The summed E-state index contributed by atoms with van der Waals surface area (Å²) < 4.78 is 5.48. The van der Waals surface area contributed by atoms with Crippen LogP contribution < -0.4 is 4.74 Å². The fourth-order valence-corrected chi connectivity index (χ4v) is 2.42. The van der Waals surface area contributed by atoms with E-state index in [-0.39, 0.29) is 0 Å². The van der Waals surface area contributed by atoms with E-state index in [9.17, 15) is 0 Å². The number of benzene rings is 1. The molecule has 0 bridgehead atoms.